The van der Waals surface area contributed by atoms with Crippen LogP contribution in [0.25, 0.3) is 0 Å². The van der Waals surface area contributed by atoms with Crippen LogP contribution in [0.15, 0.2) is 29.2 Å². The monoisotopic (exact) mass is 311 g/mol. The molecule has 1 rings (SSSR count). The summed E-state index contributed by atoms with van der Waals surface area (Å²) in [5, 5.41) is 2.50. The van der Waals surface area contributed by atoms with Crippen LogP contribution >= 0.6 is 0 Å². The van der Waals surface area contributed by atoms with Crippen molar-refractivity contribution in [2.75, 3.05) is 5.88 Å². The van der Waals surface area contributed by atoms with E-state index in [0.29, 0.717) is 6.42 Å². The molecule has 0 atom stereocenters. The number of nitrogens with one attached hydrogen (secondary N) is 1. The zero-order chi connectivity index (χ0) is 15.7. The van der Waals surface area contributed by atoms with E-state index in [-0.39, 0.29) is 16.7 Å². The number of carbonyl (C=O) groups excluding carboxylic acids is 1. The topological polar surface area (TPSA) is 63.2 Å². The minimum absolute atomic E-state index is 0.192. The van der Waals surface area contributed by atoms with E-state index in [2.05, 4.69) is 12.2 Å². The molecule has 0 spiro atoms. The van der Waals surface area contributed by atoms with Gasteiger partial charge in [-0.1, -0.05) is 50.3 Å². The number of rotatable bonds is 9. The van der Waals surface area contributed by atoms with E-state index < -0.39 is 9.84 Å². The number of carbonyl (C=O) groups is 1. The van der Waals surface area contributed by atoms with Crippen molar-refractivity contribution in [1.82, 2.24) is 5.32 Å². The fourth-order valence-electron chi connectivity index (χ4n) is 1.98. The largest absolute Gasteiger partial charge is 0.342 e. The number of unbranched alkanes of at least 4 members (excludes halogenated alkanes) is 4. The Morgan fingerprint density at radius 2 is 1.67 bits per heavy atom. The highest BCUT2D eigenvalue weighted by Gasteiger charge is 2.15. The maximum atomic E-state index is 12.0. The first kappa shape index (κ1) is 17.7. The first-order valence-electron chi connectivity index (χ1n) is 7.52. The Kier molecular flexibility index (Phi) is 7.43. The smallest absolute Gasteiger partial charge is 0.220 e. The first-order chi connectivity index (χ1) is 9.95. The molecule has 21 heavy (non-hydrogen) atoms. The fraction of sp³-hybridized carbons (Fsp3) is 0.562. The number of aryl methyl sites for hydroxylation is 1. The molecule has 4 nitrogen and oxygen atoms in total. The first-order valence-corrected chi connectivity index (χ1v) is 9.17. The van der Waals surface area contributed by atoms with Crippen LogP contribution in [0.5, 0.6) is 0 Å². The molecule has 1 aromatic rings. The van der Waals surface area contributed by atoms with Crippen molar-refractivity contribution in [3.63, 3.8) is 0 Å². The fourth-order valence-corrected chi connectivity index (χ4v) is 3.05. The van der Waals surface area contributed by atoms with Gasteiger partial charge in [0.25, 0.3) is 0 Å². The van der Waals surface area contributed by atoms with Crippen LogP contribution in [0.4, 0.5) is 0 Å². The Bertz CT molecular complexity index is 535. The van der Waals surface area contributed by atoms with E-state index in [0.717, 1.165) is 24.8 Å². The highest BCUT2D eigenvalue weighted by Crippen LogP contribution is 2.11. The summed E-state index contributed by atoms with van der Waals surface area (Å²) < 4.78 is 24.1. The van der Waals surface area contributed by atoms with Gasteiger partial charge < -0.3 is 5.32 Å². The number of sulfone groups is 1. The third-order valence-corrected chi connectivity index (χ3v) is 4.86. The van der Waals surface area contributed by atoms with Crippen molar-refractivity contribution in [3.05, 3.63) is 29.8 Å². The molecule has 1 N–H and O–H groups in total. The minimum Gasteiger partial charge on any atom is -0.342 e. The van der Waals surface area contributed by atoms with Crippen molar-refractivity contribution in [2.24, 2.45) is 0 Å². The second-order valence-corrected chi connectivity index (χ2v) is 7.33. The van der Waals surface area contributed by atoms with E-state index in [1.807, 2.05) is 6.92 Å². The van der Waals surface area contributed by atoms with Crippen LogP contribution in [-0.2, 0) is 14.6 Å². The van der Waals surface area contributed by atoms with E-state index in [1.54, 1.807) is 24.3 Å². The predicted octanol–water partition coefficient (Wildman–Crippen LogP) is 3.20. The standard InChI is InChI=1S/C16H25NO3S/c1-3-4-5-6-7-8-16(18)17-13-21(19,20)15-11-9-14(2)10-12-15/h9-12H,3-8,13H2,1-2H3,(H,17,18). The number of hydrogen-bond donors (Lipinski definition) is 1. The van der Waals surface area contributed by atoms with E-state index in [1.165, 1.54) is 12.8 Å². The summed E-state index contributed by atoms with van der Waals surface area (Å²) in [6.45, 7) is 4.04. The predicted molar refractivity (Wildman–Crippen MR) is 84.8 cm³/mol. The van der Waals surface area contributed by atoms with Crippen molar-refractivity contribution in [3.8, 4) is 0 Å². The molecule has 5 heteroatoms. The molecular formula is C16H25NO3S. The van der Waals surface area contributed by atoms with Crippen LogP contribution in [0.1, 0.15) is 51.0 Å². The SMILES string of the molecule is CCCCCCCC(=O)NCS(=O)(=O)c1ccc(C)cc1. The molecule has 118 valence electrons. The Labute approximate surface area is 127 Å². The van der Waals surface area contributed by atoms with Gasteiger partial charge in [0.2, 0.25) is 5.91 Å². The lowest BCUT2D eigenvalue weighted by Gasteiger charge is -2.07. The van der Waals surface area contributed by atoms with Gasteiger partial charge in [-0.25, -0.2) is 8.42 Å². The van der Waals surface area contributed by atoms with Gasteiger partial charge in [-0.15, -0.1) is 0 Å². The third kappa shape index (κ3) is 6.76. The van der Waals surface area contributed by atoms with Gasteiger partial charge in [0.1, 0.15) is 5.88 Å². The number of benzene rings is 1. The normalized spacial score (nSPS) is 11.3. The van der Waals surface area contributed by atoms with Crippen LogP contribution in [0.2, 0.25) is 0 Å². The zero-order valence-corrected chi connectivity index (χ0v) is 13.7. The van der Waals surface area contributed by atoms with Gasteiger partial charge in [-0.3, -0.25) is 4.79 Å². The van der Waals surface area contributed by atoms with E-state index in [4.69, 9.17) is 0 Å². The number of amides is 1. The average Bonchev–Trinajstić information content (AvgIpc) is 2.45. The highest BCUT2D eigenvalue weighted by molar-refractivity contribution is 7.91. The summed E-state index contributed by atoms with van der Waals surface area (Å²) in [5.41, 5.74) is 1.00. The second-order valence-electron chi connectivity index (χ2n) is 5.34. The van der Waals surface area contributed by atoms with E-state index in [9.17, 15) is 13.2 Å². The quantitative estimate of drug-likeness (QED) is 0.712. The maximum Gasteiger partial charge on any atom is 0.220 e. The third-order valence-electron chi connectivity index (χ3n) is 3.35. The molecular weight excluding hydrogens is 286 g/mol. The van der Waals surface area contributed by atoms with Crippen LogP contribution in [0, 0.1) is 6.92 Å². The molecule has 0 unspecified atom stereocenters. The van der Waals surface area contributed by atoms with Crippen LogP contribution in [0.3, 0.4) is 0 Å². The molecule has 0 aromatic heterocycles. The summed E-state index contributed by atoms with van der Waals surface area (Å²) in [7, 11) is -3.44. The summed E-state index contributed by atoms with van der Waals surface area (Å²) in [5.74, 6) is -0.522. The van der Waals surface area contributed by atoms with Gasteiger partial charge in [0.15, 0.2) is 9.84 Å². The van der Waals surface area contributed by atoms with E-state index >= 15 is 0 Å². The highest BCUT2D eigenvalue weighted by atomic mass is 32.2. The maximum absolute atomic E-state index is 12.0. The molecule has 0 heterocycles. The Morgan fingerprint density at radius 3 is 2.29 bits per heavy atom. The zero-order valence-electron chi connectivity index (χ0n) is 12.9. The lowest BCUT2D eigenvalue weighted by molar-refractivity contribution is -0.120. The molecule has 0 radical (unpaired) electrons. The Hall–Kier alpha value is -1.36. The lowest BCUT2D eigenvalue weighted by atomic mass is 10.1. The molecule has 0 aliphatic heterocycles. The number of hydrogen-bond acceptors (Lipinski definition) is 3. The van der Waals surface area contributed by atoms with Crippen molar-refractivity contribution in [2.45, 2.75) is 57.3 Å². The Balaban J connectivity index is 2.36. The van der Waals surface area contributed by atoms with Crippen LogP contribution in [-0.4, -0.2) is 20.2 Å². The molecule has 0 aliphatic carbocycles. The summed E-state index contributed by atoms with van der Waals surface area (Å²) in [6.07, 6.45) is 5.71. The molecule has 0 bridgehead atoms. The van der Waals surface area contributed by atoms with Gasteiger partial charge >= 0.3 is 0 Å². The lowest BCUT2D eigenvalue weighted by Crippen LogP contribution is -2.29. The summed E-state index contributed by atoms with van der Waals surface area (Å²) in [4.78, 5) is 11.9. The van der Waals surface area contributed by atoms with Gasteiger partial charge in [-0.2, -0.15) is 0 Å². The molecule has 0 saturated carbocycles. The second kappa shape index (κ2) is 8.82. The van der Waals surface area contributed by atoms with Crippen molar-refractivity contribution >= 4 is 15.7 Å². The summed E-state index contributed by atoms with van der Waals surface area (Å²) >= 11 is 0. The van der Waals surface area contributed by atoms with Gasteiger partial charge in [0, 0.05) is 6.42 Å². The Morgan fingerprint density at radius 1 is 1.05 bits per heavy atom. The van der Waals surface area contributed by atoms with Crippen molar-refractivity contribution in [1.29, 1.82) is 0 Å². The molecule has 0 saturated heterocycles. The van der Waals surface area contributed by atoms with Gasteiger partial charge in [0.05, 0.1) is 4.90 Å². The molecule has 1 aromatic carbocycles. The summed E-state index contributed by atoms with van der Waals surface area (Å²) in [6, 6.07) is 6.65. The molecule has 1 amide bonds. The molecule has 0 aliphatic rings. The average molecular weight is 311 g/mol. The van der Waals surface area contributed by atoms with Gasteiger partial charge in [-0.05, 0) is 25.5 Å². The van der Waals surface area contributed by atoms with Crippen molar-refractivity contribution < 1.29 is 13.2 Å². The minimum atomic E-state index is -3.44. The molecule has 0 fully saturated rings. The van der Waals surface area contributed by atoms with Crippen LogP contribution < -0.4 is 5.32 Å².